The third-order valence-corrected chi connectivity index (χ3v) is 5.83. The molecule has 1 aromatic heterocycles. The van der Waals surface area contributed by atoms with Crippen LogP contribution in [-0.2, 0) is 4.79 Å². The summed E-state index contributed by atoms with van der Waals surface area (Å²) in [5, 5.41) is 13.3. The fourth-order valence-electron chi connectivity index (χ4n) is 3.89. The number of methoxy groups -OCH3 is 1. The van der Waals surface area contributed by atoms with E-state index in [1.54, 1.807) is 13.3 Å². The number of amides is 1. The number of halogens is 2. The number of nitriles is 1. The fraction of sp³-hybridized carbons (Fsp3) is 0.261. The van der Waals surface area contributed by atoms with Crippen molar-refractivity contribution in [3.8, 4) is 11.8 Å². The maximum Gasteiger partial charge on any atom is 0.227 e. The van der Waals surface area contributed by atoms with Gasteiger partial charge in [0.05, 0.1) is 28.9 Å². The lowest BCUT2D eigenvalue weighted by atomic mass is 9.94. The van der Waals surface area contributed by atoms with Crippen LogP contribution in [0.5, 0.6) is 5.75 Å². The first-order valence-electron chi connectivity index (χ1n) is 9.88. The van der Waals surface area contributed by atoms with E-state index in [9.17, 15) is 14.4 Å². The van der Waals surface area contributed by atoms with Gasteiger partial charge in [0.25, 0.3) is 0 Å². The van der Waals surface area contributed by atoms with E-state index in [1.807, 2.05) is 18.2 Å². The zero-order chi connectivity index (χ0) is 22.0. The number of aromatic nitrogens is 1. The highest BCUT2D eigenvalue weighted by Gasteiger charge is 2.27. The average molecular weight is 439 g/mol. The van der Waals surface area contributed by atoms with Gasteiger partial charge in [0.15, 0.2) is 0 Å². The summed E-state index contributed by atoms with van der Waals surface area (Å²) in [6, 6.07) is 12.0. The van der Waals surface area contributed by atoms with Gasteiger partial charge in [0.1, 0.15) is 17.6 Å². The van der Waals surface area contributed by atoms with Crippen molar-refractivity contribution in [2.45, 2.75) is 12.8 Å². The molecule has 1 N–H and O–H groups in total. The number of pyridine rings is 1. The van der Waals surface area contributed by atoms with Crippen molar-refractivity contribution in [2.75, 3.05) is 30.4 Å². The molecule has 3 aromatic rings. The number of nitrogens with one attached hydrogen (secondary N) is 1. The average Bonchev–Trinajstić information content (AvgIpc) is 2.80. The number of rotatable bonds is 4. The molecule has 1 amide bonds. The molecule has 8 heteroatoms. The summed E-state index contributed by atoms with van der Waals surface area (Å²) in [4.78, 5) is 19.2. The van der Waals surface area contributed by atoms with Crippen LogP contribution in [0.15, 0.2) is 42.6 Å². The van der Waals surface area contributed by atoms with Crippen LogP contribution in [0.1, 0.15) is 18.4 Å². The van der Waals surface area contributed by atoms with E-state index < -0.39 is 5.82 Å². The predicted octanol–water partition coefficient (Wildman–Crippen LogP) is 4.76. The van der Waals surface area contributed by atoms with E-state index in [0.717, 1.165) is 16.6 Å². The SMILES string of the molecule is COc1ccc2c(N3CCC(C(=O)Nc4ccc(F)c(Cl)c4)CC3)c(C#N)cnc2c1. The number of fused-ring (bicyclic) bond motifs is 1. The molecule has 1 aliphatic heterocycles. The highest BCUT2D eigenvalue weighted by Crippen LogP contribution is 2.34. The second kappa shape index (κ2) is 8.78. The molecule has 31 heavy (non-hydrogen) atoms. The molecule has 0 bridgehead atoms. The Hall–Kier alpha value is -3.37. The summed E-state index contributed by atoms with van der Waals surface area (Å²) in [7, 11) is 1.60. The van der Waals surface area contributed by atoms with Crippen LogP contribution in [0.25, 0.3) is 10.9 Å². The Kier molecular flexibility index (Phi) is 5.92. The fourth-order valence-corrected chi connectivity index (χ4v) is 4.07. The van der Waals surface area contributed by atoms with E-state index in [2.05, 4.69) is 21.3 Å². The molecule has 1 fully saturated rings. The van der Waals surface area contributed by atoms with Crippen LogP contribution in [0.4, 0.5) is 15.8 Å². The van der Waals surface area contributed by atoms with E-state index >= 15 is 0 Å². The molecule has 0 saturated carbocycles. The molecule has 0 atom stereocenters. The molecule has 4 rings (SSSR count). The molecule has 158 valence electrons. The molecule has 0 unspecified atom stereocenters. The Bertz CT molecular complexity index is 1190. The van der Waals surface area contributed by atoms with Crippen LogP contribution < -0.4 is 15.0 Å². The summed E-state index contributed by atoms with van der Waals surface area (Å²) < 4.78 is 18.6. The van der Waals surface area contributed by atoms with Gasteiger partial charge >= 0.3 is 0 Å². The van der Waals surface area contributed by atoms with Crippen LogP contribution in [0, 0.1) is 23.1 Å². The third-order valence-electron chi connectivity index (χ3n) is 5.54. The monoisotopic (exact) mass is 438 g/mol. The van der Waals surface area contributed by atoms with Crippen molar-refractivity contribution in [3.05, 3.63) is 59.0 Å². The van der Waals surface area contributed by atoms with E-state index in [1.165, 1.54) is 18.2 Å². The molecule has 2 heterocycles. The standard InChI is InChI=1S/C23H20ClFN4O2/c1-31-17-3-4-18-21(11-17)27-13-15(12-26)22(18)29-8-6-14(7-9-29)23(30)28-16-2-5-20(25)19(24)10-16/h2-5,10-11,13-14H,6-9H2,1H3,(H,28,30). The van der Waals surface area contributed by atoms with Gasteiger partial charge in [0.2, 0.25) is 5.91 Å². The molecule has 0 aliphatic carbocycles. The second-order valence-corrected chi connectivity index (χ2v) is 7.80. The minimum atomic E-state index is -0.525. The van der Waals surface area contributed by atoms with Gasteiger partial charge in [-0.2, -0.15) is 5.26 Å². The largest absolute Gasteiger partial charge is 0.497 e. The Morgan fingerprint density at radius 3 is 2.74 bits per heavy atom. The zero-order valence-corrected chi connectivity index (χ0v) is 17.6. The number of ether oxygens (including phenoxy) is 1. The molecule has 0 spiro atoms. The minimum absolute atomic E-state index is 0.0298. The second-order valence-electron chi connectivity index (χ2n) is 7.39. The van der Waals surface area contributed by atoms with Crippen molar-refractivity contribution < 1.29 is 13.9 Å². The number of piperidine rings is 1. The minimum Gasteiger partial charge on any atom is -0.497 e. The van der Waals surface area contributed by atoms with Gasteiger partial charge in [-0.3, -0.25) is 9.78 Å². The Labute approximate surface area is 184 Å². The highest BCUT2D eigenvalue weighted by atomic mass is 35.5. The number of carbonyl (C=O) groups excluding carboxylic acids is 1. The van der Waals surface area contributed by atoms with Crippen LogP contribution in [0.2, 0.25) is 5.02 Å². The molecule has 2 aromatic carbocycles. The Morgan fingerprint density at radius 1 is 1.29 bits per heavy atom. The first kappa shape index (κ1) is 20.9. The first-order chi connectivity index (χ1) is 15.0. The normalized spacial score (nSPS) is 14.3. The van der Waals surface area contributed by atoms with E-state index in [-0.39, 0.29) is 16.8 Å². The molecular weight excluding hydrogens is 419 g/mol. The number of carbonyl (C=O) groups is 1. The number of nitrogens with zero attached hydrogens (tertiary/aromatic N) is 3. The first-order valence-corrected chi connectivity index (χ1v) is 10.3. The van der Waals surface area contributed by atoms with E-state index in [0.29, 0.717) is 42.9 Å². The van der Waals surface area contributed by atoms with Gasteiger partial charge in [0, 0.05) is 42.3 Å². The van der Waals surface area contributed by atoms with E-state index in [4.69, 9.17) is 16.3 Å². The van der Waals surface area contributed by atoms with Crippen molar-refractivity contribution in [3.63, 3.8) is 0 Å². The van der Waals surface area contributed by atoms with Crippen LogP contribution >= 0.6 is 11.6 Å². The van der Waals surface area contributed by atoms with Crippen molar-refractivity contribution in [1.29, 1.82) is 5.26 Å². The predicted molar refractivity (Wildman–Crippen MR) is 118 cm³/mol. The van der Waals surface area contributed by atoms with Crippen molar-refractivity contribution in [1.82, 2.24) is 4.98 Å². The van der Waals surface area contributed by atoms with Gasteiger partial charge in [-0.15, -0.1) is 0 Å². The van der Waals surface area contributed by atoms with Crippen molar-refractivity contribution in [2.24, 2.45) is 5.92 Å². The van der Waals surface area contributed by atoms with Crippen molar-refractivity contribution >= 4 is 39.8 Å². The van der Waals surface area contributed by atoms with Gasteiger partial charge in [-0.05, 0) is 43.2 Å². The Morgan fingerprint density at radius 2 is 2.06 bits per heavy atom. The lowest BCUT2D eigenvalue weighted by molar-refractivity contribution is -0.120. The lowest BCUT2D eigenvalue weighted by Crippen LogP contribution is -2.38. The lowest BCUT2D eigenvalue weighted by Gasteiger charge is -2.34. The van der Waals surface area contributed by atoms with Gasteiger partial charge < -0.3 is 15.0 Å². The molecular formula is C23H20ClFN4O2. The number of anilines is 2. The Balaban J connectivity index is 1.50. The quantitative estimate of drug-likeness (QED) is 0.635. The molecule has 1 aliphatic rings. The highest BCUT2D eigenvalue weighted by molar-refractivity contribution is 6.31. The summed E-state index contributed by atoms with van der Waals surface area (Å²) in [6.07, 6.45) is 2.84. The van der Waals surface area contributed by atoms with Crippen LogP contribution in [-0.4, -0.2) is 31.1 Å². The summed E-state index contributed by atoms with van der Waals surface area (Å²) in [6.45, 7) is 1.25. The third kappa shape index (κ3) is 4.25. The number of hydrogen-bond acceptors (Lipinski definition) is 5. The molecule has 1 saturated heterocycles. The summed E-state index contributed by atoms with van der Waals surface area (Å²) in [5.41, 5.74) is 2.56. The number of hydrogen-bond donors (Lipinski definition) is 1. The van der Waals surface area contributed by atoms with Crippen LogP contribution in [0.3, 0.4) is 0 Å². The zero-order valence-electron chi connectivity index (χ0n) is 16.9. The summed E-state index contributed by atoms with van der Waals surface area (Å²) in [5.74, 6) is -0.124. The topological polar surface area (TPSA) is 78.2 Å². The molecule has 6 nitrogen and oxygen atoms in total. The molecule has 0 radical (unpaired) electrons. The maximum atomic E-state index is 13.3. The summed E-state index contributed by atoms with van der Waals surface area (Å²) >= 11 is 5.79. The van der Waals surface area contributed by atoms with Gasteiger partial charge in [-0.25, -0.2) is 4.39 Å². The van der Waals surface area contributed by atoms with Gasteiger partial charge in [-0.1, -0.05) is 11.6 Å². The maximum absolute atomic E-state index is 13.3. The smallest absolute Gasteiger partial charge is 0.227 e. The number of benzene rings is 2.